The van der Waals surface area contributed by atoms with E-state index in [2.05, 4.69) is 35.5 Å². The normalized spacial score (nSPS) is 18.2. The van der Waals surface area contributed by atoms with Crippen molar-refractivity contribution in [1.82, 2.24) is 15.1 Å². The van der Waals surface area contributed by atoms with Crippen LogP contribution in [0.1, 0.15) is 37.9 Å². The van der Waals surface area contributed by atoms with Crippen molar-refractivity contribution in [3.8, 4) is 5.69 Å². The molecule has 0 spiro atoms. The van der Waals surface area contributed by atoms with E-state index in [1.165, 1.54) is 12.1 Å². The van der Waals surface area contributed by atoms with Gasteiger partial charge in [-0.15, -0.1) is 0 Å². The van der Waals surface area contributed by atoms with Crippen molar-refractivity contribution in [2.45, 2.75) is 37.8 Å². The van der Waals surface area contributed by atoms with Crippen LogP contribution in [0.5, 0.6) is 0 Å². The Bertz CT molecular complexity index is 569. The third kappa shape index (κ3) is 2.49. The van der Waals surface area contributed by atoms with E-state index in [1.54, 1.807) is 0 Å². The number of nitrogens with zero attached hydrogens (tertiary/aromatic N) is 2. The van der Waals surface area contributed by atoms with Crippen LogP contribution >= 0.6 is 0 Å². The van der Waals surface area contributed by atoms with E-state index in [4.69, 9.17) is 4.74 Å². The Kier molecular flexibility index (Phi) is 4.08. The molecule has 0 bridgehead atoms. The van der Waals surface area contributed by atoms with Crippen molar-refractivity contribution in [3.05, 3.63) is 48.3 Å². The molecule has 1 aliphatic carbocycles. The summed E-state index contributed by atoms with van der Waals surface area (Å²) in [6, 6.07) is 12.5. The topological polar surface area (TPSA) is 39.1 Å². The van der Waals surface area contributed by atoms with Crippen molar-refractivity contribution in [2.24, 2.45) is 0 Å². The van der Waals surface area contributed by atoms with Gasteiger partial charge in [0.2, 0.25) is 0 Å². The number of methoxy groups -OCH3 is 1. The molecule has 4 heteroatoms. The first kappa shape index (κ1) is 14.3. The van der Waals surface area contributed by atoms with Crippen LogP contribution in [0.15, 0.2) is 42.6 Å². The Morgan fingerprint density at radius 2 is 2.05 bits per heavy atom. The van der Waals surface area contributed by atoms with E-state index in [-0.39, 0.29) is 11.6 Å². The SMILES string of the molecule is CCNC(c1ccnn1-c1ccccc1)C1(OC)CCC1. The van der Waals surface area contributed by atoms with Crippen LogP contribution in [0.3, 0.4) is 0 Å². The lowest BCUT2D eigenvalue weighted by Crippen LogP contribution is -2.51. The monoisotopic (exact) mass is 285 g/mol. The zero-order valence-electron chi connectivity index (χ0n) is 12.7. The van der Waals surface area contributed by atoms with E-state index in [1.807, 2.05) is 36.2 Å². The summed E-state index contributed by atoms with van der Waals surface area (Å²) >= 11 is 0. The van der Waals surface area contributed by atoms with Crippen molar-refractivity contribution in [3.63, 3.8) is 0 Å². The van der Waals surface area contributed by atoms with Gasteiger partial charge in [-0.1, -0.05) is 25.1 Å². The molecule has 1 aliphatic rings. The van der Waals surface area contributed by atoms with Crippen LogP contribution in [0, 0.1) is 0 Å². The molecule has 0 amide bonds. The van der Waals surface area contributed by atoms with Crippen LogP contribution in [-0.2, 0) is 4.74 Å². The first-order valence-electron chi connectivity index (χ1n) is 7.68. The van der Waals surface area contributed by atoms with Crippen molar-refractivity contribution in [1.29, 1.82) is 0 Å². The third-order valence-electron chi connectivity index (χ3n) is 4.51. The molecule has 112 valence electrons. The third-order valence-corrected chi connectivity index (χ3v) is 4.51. The molecule has 3 rings (SSSR count). The van der Waals surface area contributed by atoms with Crippen LogP contribution in [0.4, 0.5) is 0 Å². The lowest BCUT2D eigenvalue weighted by Gasteiger charge is -2.46. The smallest absolute Gasteiger partial charge is 0.0888 e. The zero-order chi connectivity index (χ0) is 14.7. The van der Waals surface area contributed by atoms with Gasteiger partial charge >= 0.3 is 0 Å². The van der Waals surface area contributed by atoms with Crippen LogP contribution in [-0.4, -0.2) is 29.0 Å². The predicted molar refractivity (Wildman–Crippen MR) is 83.6 cm³/mol. The Labute approximate surface area is 126 Å². The summed E-state index contributed by atoms with van der Waals surface area (Å²) in [6.45, 7) is 3.05. The highest BCUT2D eigenvalue weighted by molar-refractivity contribution is 5.34. The van der Waals surface area contributed by atoms with E-state index in [0.29, 0.717) is 0 Å². The highest BCUT2D eigenvalue weighted by atomic mass is 16.5. The summed E-state index contributed by atoms with van der Waals surface area (Å²) < 4.78 is 7.92. The highest BCUT2D eigenvalue weighted by Crippen LogP contribution is 2.45. The number of nitrogens with one attached hydrogen (secondary N) is 1. The number of para-hydroxylation sites is 1. The molecule has 1 N–H and O–H groups in total. The molecule has 0 saturated heterocycles. The number of rotatable bonds is 6. The van der Waals surface area contributed by atoms with E-state index < -0.39 is 0 Å². The van der Waals surface area contributed by atoms with E-state index >= 15 is 0 Å². The fourth-order valence-electron chi connectivity index (χ4n) is 3.22. The summed E-state index contributed by atoms with van der Waals surface area (Å²) in [5.41, 5.74) is 2.17. The number of likely N-dealkylation sites (N-methyl/N-ethyl adjacent to an activating group) is 1. The van der Waals surface area contributed by atoms with Crippen molar-refractivity contribution < 1.29 is 4.74 Å². The Morgan fingerprint density at radius 1 is 1.29 bits per heavy atom. The minimum absolute atomic E-state index is 0.0947. The molecule has 4 nitrogen and oxygen atoms in total. The lowest BCUT2D eigenvalue weighted by atomic mass is 9.73. The molecule has 1 aromatic carbocycles. The zero-order valence-corrected chi connectivity index (χ0v) is 12.7. The molecule has 0 aliphatic heterocycles. The first-order chi connectivity index (χ1) is 10.3. The van der Waals surface area contributed by atoms with Gasteiger partial charge in [-0.05, 0) is 44.0 Å². The largest absolute Gasteiger partial charge is 0.376 e. The second-order valence-corrected chi connectivity index (χ2v) is 5.62. The Hall–Kier alpha value is -1.65. The number of hydrogen-bond acceptors (Lipinski definition) is 3. The highest BCUT2D eigenvalue weighted by Gasteiger charge is 2.46. The molecule has 2 aromatic rings. The van der Waals surface area contributed by atoms with Gasteiger partial charge in [0, 0.05) is 13.3 Å². The van der Waals surface area contributed by atoms with Gasteiger partial charge < -0.3 is 10.1 Å². The maximum Gasteiger partial charge on any atom is 0.0888 e. The van der Waals surface area contributed by atoms with Crippen molar-refractivity contribution in [2.75, 3.05) is 13.7 Å². The molecule has 1 atom stereocenters. The molecule has 21 heavy (non-hydrogen) atoms. The van der Waals surface area contributed by atoms with Crippen molar-refractivity contribution >= 4 is 0 Å². The molecule has 1 aromatic heterocycles. The van der Waals surface area contributed by atoms with Gasteiger partial charge in [-0.2, -0.15) is 5.10 Å². The van der Waals surface area contributed by atoms with E-state index in [0.717, 1.165) is 25.1 Å². The average molecular weight is 285 g/mol. The fourth-order valence-corrected chi connectivity index (χ4v) is 3.22. The molecule has 1 saturated carbocycles. The van der Waals surface area contributed by atoms with Gasteiger partial charge in [-0.25, -0.2) is 4.68 Å². The minimum atomic E-state index is -0.0947. The molecular formula is C17H23N3O. The standard InChI is InChI=1S/C17H23N3O/c1-3-18-16(17(21-2)11-7-12-17)15-10-13-19-20(15)14-8-5-4-6-9-14/h4-6,8-10,13,16,18H,3,7,11-12H2,1-2H3. The summed E-state index contributed by atoms with van der Waals surface area (Å²) in [5, 5.41) is 8.12. The second-order valence-electron chi connectivity index (χ2n) is 5.62. The summed E-state index contributed by atoms with van der Waals surface area (Å²) in [4.78, 5) is 0. The Morgan fingerprint density at radius 3 is 2.62 bits per heavy atom. The number of benzene rings is 1. The van der Waals surface area contributed by atoms with Gasteiger partial charge in [-0.3, -0.25) is 0 Å². The number of hydrogen-bond donors (Lipinski definition) is 1. The molecular weight excluding hydrogens is 262 g/mol. The van der Waals surface area contributed by atoms with E-state index in [9.17, 15) is 0 Å². The van der Waals surface area contributed by atoms with Crippen LogP contribution < -0.4 is 5.32 Å². The number of aromatic nitrogens is 2. The van der Waals surface area contributed by atoms with Gasteiger partial charge in [0.15, 0.2) is 0 Å². The molecule has 0 radical (unpaired) electrons. The minimum Gasteiger partial charge on any atom is -0.376 e. The lowest BCUT2D eigenvalue weighted by molar-refractivity contribution is -0.101. The van der Waals surface area contributed by atoms with Gasteiger partial charge in [0.05, 0.1) is 23.0 Å². The summed E-state index contributed by atoms with van der Waals surface area (Å²) in [6.07, 6.45) is 5.30. The van der Waals surface area contributed by atoms with Crippen LogP contribution in [0.2, 0.25) is 0 Å². The first-order valence-corrected chi connectivity index (χ1v) is 7.68. The number of ether oxygens (including phenoxy) is 1. The average Bonchev–Trinajstić information content (AvgIpc) is 2.96. The van der Waals surface area contributed by atoms with Crippen LogP contribution in [0.25, 0.3) is 5.69 Å². The predicted octanol–water partition coefficient (Wildman–Crippen LogP) is 3.09. The molecule has 1 unspecified atom stereocenters. The fraction of sp³-hybridized carbons (Fsp3) is 0.471. The van der Waals surface area contributed by atoms with Gasteiger partial charge in [0.1, 0.15) is 0 Å². The second kappa shape index (κ2) is 6.00. The molecule has 1 fully saturated rings. The quantitative estimate of drug-likeness (QED) is 0.886. The molecule has 1 heterocycles. The Balaban J connectivity index is 1.99. The van der Waals surface area contributed by atoms with Gasteiger partial charge in [0.25, 0.3) is 0 Å². The summed E-state index contributed by atoms with van der Waals surface area (Å²) in [5.74, 6) is 0. The summed E-state index contributed by atoms with van der Waals surface area (Å²) in [7, 11) is 1.83. The maximum atomic E-state index is 5.90. The maximum absolute atomic E-state index is 5.90.